The predicted octanol–water partition coefficient (Wildman–Crippen LogP) is 7.31. The molecule has 0 atom stereocenters. The van der Waals surface area contributed by atoms with Gasteiger partial charge in [-0.1, -0.05) is 54.6 Å². The molecule has 1 heterocycles. The molecule has 4 nitrogen and oxygen atoms in total. The third-order valence-corrected chi connectivity index (χ3v) is 5.95. The van der Waals surface area contributed by atoms with E-state index in [2.05, 4.69) is 59.3 Å². The Morgan fingerprint density at radius 1 is 0.800 bits per heavy atom. The van der Waals surface area contributed by atoms with Crippen molar-refractivity contribution < 1.29 is 14.6 Å². The second-order valence-electron chi connectivity index (χ2n) is 8.37. The molecule has 0 unspecified atom stereocenters. The van der Waals surface area contributed by atoms with Crippen molar-refractivity contribution in [1.82, 2.24) is 4.57 Å². The molecule has 35 heavy (non-hydrogen) atoms. The topological polar surface area (TPSA) is 51.5 Å². The lowest BCUT2D eigenvalue weighted by molar-refractivity contribution is -0.131. The molecule has 0 fully saturated rings. The number of para-hydroxylation sites is 1. The molecular weight excluding hydrogens is 434 g/mol. The maximum atomic E-state index is 11.0. The number of hydrogen-bond acceptors (Lipinski definition) is 2. The van der Waals surface area contributed by atoms with E-state index in [0.29, 0.717) is 0 Å². The lowest BCUT2D eigenvalue weighted by Crippen LogP contribution is -1.93. The maximum absolute atomic E-state index is 11.0. The number of rotatable bonds is 8. The molecule has 0 amide bonds. The van der Waals surface area contributed by atoms with Gasteiger partial charge in [0.25, 0.3) is 0 Å². The van der Waals surface area contributed by atoms with E-state index in [1.54, 1.807) is 6.08 Å². The van der Waals surface area contributed by atoms with Gasteiger partial charge in [0.1, 0.15) is 11.5 Å². The van der Waals surface area contributed by atoms with Crippen LogP contribution in [0.5, 0.6) is 11.5 Å². The number of aromatic nitrogens is 1. The molecule has 0 aliphatic rings. The fourth-order valence-electron chi connectivity index (χ4n) is 4.22. The van der Waals surface area contributed by atoms with E-state index in [0.717, 1.165) is 46.5 Å². The number of carboxylic acids is 1. The van der Waals surface area contributed by atoms with Crippen molar-refractivity contribution in [3.63, 3.8) is 0 Å². The monoisotopic (exact) mass is 459 g/mol. The van der Waals surface area contributed by atoms with Crippen molar-refractivity contribution in [1.29, 1.82) is 0 Å². The molecule has 0 aliphatic carbocycles. The minimum absolute atomic E-state index is 0.779. The predicted molar refractivity (Wildman–Crippen MR) is 140 cm³/mol. The fourth-order valence-corrected chi connectivity index (χ4v) is 4.22. The first-order valence-electron chi connectivity index (χ1n) is 11.6. The lowest BCUT2D eigenvalue weighted by Gasteiger charge is -2.09. The SMILES string of the molecule is O=C(O)/C=C/c1ccc2c(c1)c(CCc1ccccc1)cn2-c1ccc(Oc2ccccc2)cc1. The first-order chi connectivity index (χ1) is 17.2. The van der Waals surface area contributed by atoms with Gasteiger partial charge in [-0.2, -0.15) is 0 Å². The Balaban J connectivity index is 1.48. The smallest absolute Gasteiger partial charge is 0.328 e. The Bertz CT molecular complexity index is 1470. The summed E-state index contributed by atoms with van der Waals surface area (Å²) in [5.41, 5.74) is 5.49. The molecule has 0 saturated heterocycles. The van der Waals surface area contributed by atoms with Crippen molar-refractivity contribution in [3.05, 3.63) is 132 Å². The van der Waals surface area contributed by atoms with Crippen molar-refractivity contribution in [2.75, 3.05) is 0 Å². The molecule has 0 spiro atoms. The van der Waals surface area contributed by atoms with E-state index < -0.39 is 5.97 Å². The average molecular weight is 460 g/mol. The maximum Gasteiger partial charge on any atom is 0.328 e. The summed E-state index contributed by atoms with van der Waals surface area (Å²) in [7, 11) is 0. The van der Waals surface area contributed by atoms with Gasteiger partial charge in [-0.3, -0.25) is 0 Å². The average Bonchev–Trinajstić information content (AvgIpc) is 3.26. The van der Waals surface area contributed by atoms with Gasteiger partial charge < -0.3 is 14.4 Å². The number of fused-ring (bicyclic) bond motifs is 1. The van der Waals surface area contributed by atoms with Crippen LogP contribution in [-0.2, 0) is 17.6 Å². The van der Waals surface area contributed by atoms with E-state index >= 15 is 0 Å². The third kappa shape index (κ3) is 5.33. The Kier molecular flexibility index (Phi) is 6.44. The van der Waals surface area contributed by atoms with Crippen LogP contribution in [0.25, 0.3) is 22.7 Å². The fraction of sp³-hybridized carbons (Fsp3) is 0.0645. The van der Waals surface area contributed by atoms with E-state index in [1.807, 2.05) is 54.6 Å². The van der Waals surface area contributed by atoms with Gasteiger partial charge in [0.05, 0.1) is 5.52 Å². The van der Waals surface area contributed by atoms with Crippen molar-refractivity contribution in [3.8, 4) is 17.2 Å². The van der Waals surface area contributed by atoms with Crippen LogP contribution in [0.4, 0.5) is 0 Å². The second-order valence-corrected chi connectivity index (χ2v) is 8.37. The van der Waals surface area contributed by atoms with Crippen LogP contribution in [0, 0.1) is 0 Å². The first kappa shape index (κ1) is 22.2. The molecule has 5 aromatic rings. The second kappa shape index (κ2) is 10.1. The van der Waals surface area contributed by atoms with Gasteiger partial charge in [0.15, 0.2) is 0 Å². The largest absolute Gasteiger partial charge is 0.478 e. The molecule has 0 radical (unpaired) electrons. The zero-order valence-electron chi connectivity index (χ0n) is 19.2. The number of carbonyl (C=O) groups is 1. The van der Waals surface area contributed by atoms with Gasteiger partial charge in [0.2, 0.25) is 0 Å². The van der Waals surface area contributed by atoms with Crippen LogP contribution >= 0.6 is 0 Å². The highest BCUT2D eigenvalue weighted by atomic mass is 16.5. The molecule has 4 heteroatoms. The Morgan fingerprint density at radius 3 is 2.20 bits per heavy atom. The number of benzene rings is 4. The molecule has 0 saturated carbocycles. The number of hydrogen-bond donors (Lipinski definition) is 1. The molecule has 4 aromatic carbocycles. The van der Waals surface area contributed by atoms with Crippen LogP contribution in [0.2, 0.25) is 0 Å². The van der Waals surface area contributed by atoms with Gasteiger partial charge >= 0.3 is 5.97 Å². The molecule has 1 aromatic heterocycles. The summed E-state index contributed by atoms with van der Waals surface area (Å²) >= 11 is 0. The molecule has 172 valence electrons. The molecule has 0 bridgehead atoms. The summed E-state index contributed by atoms with van der Waals surface area (Å²) in [6, 6.07) is 34.3. The van der Waals surface area contributed by atoms with Gasteiger partial charge in [-0.25, -0.2) is 4.79 Å². The molecule has 5 rings (SSSR count). The molecule has 1 N–H and O–H groups in total. The number of nitrogens with zero attached hydrogens (tertiary/aromatic N) is 1. The Labute approximate surface area is 204 Å². The van der Waals surface area contributed by atoms with E-state index in [9.17, 15) is 4.79 Å². The summed E-state index contributed by atoms with van der Waals surface area (Å²) in [5, 5.41) is 10.1. The van der Waals surface area contributed by atoms with Crippen molar-refractivity contribution >= 4 is 22.9 Å². The summed E-state index contributed by atoms with van der Waals surface area (Å²) in [4.78, 5) is 11.0. The molecule has 0 aliphatic heterocycles. The number of aryl methyl sites for hydroxylation is 2. The lowest BCUT2D eigenvalue weighted by atomic mass is 10.0. The van der Waals surface area contributed by atoms with Gasteiger partial charge in [0, 0.05) is 23.3 Å². The standard InChI is InChI=1S/C31H25NO3/c33-31(34)20-13-24-12-19-30-29(21-24)25(14-11-23-7-3-1-4-8-23)22-32(30)26-15-17-28(18-16-26)35-27-9-5-2-6-10-27/h1-10,12-13,15-22H,11,14H2,(H,33,34)/b20-13+. The van der Waals surface area contributed by atoms with Crippen molar-refractivity contribution in [2.24, 2.45) is 0 Å². The number of aliphatic carboxylic acids is 1. The quantitative estimate of drug-likeness (QED) is 0.248. The zero-order chi connectivity index (χ0) is 24.0. The number of carboxylic acid groups (broad SMARTS) is 1. The third-order valence-electron chi connectivity index (χ3n) is 5.95. The number of ether oxygens (including phenoxy) is 1. The normalized spacial score (nSPS) is 11.2. The highest BCUT2D eigenvalue weighted by Gasteiger charge is 2.11. The summed E-state index contributed by atoms with van der Waals surface area (Å²) in [6.45, 7) is 0. The van der Waals surface area contributed by atoms with Crippen LogP contribution < -0.4 is 4.74 Å². The van der Waals surface area contributed by atoms with Crippen LogP contribution in [-0.4, -0.2) is 15.6 Å². The minimum Gasteiger partial charge on any atom is -0.478 e. The van der Waals surface area contributed by atoms with Crippen LogP contribution in [0.15, 0.2) is 115 Å². The summed E-state index contributed by atoms with van der Waals surface area (Å²) in [5.74, 6) is 0.628. The van der Waals surface area contributed by atoms with Crippen molar-refractivity contribution in [2.45, 2.75) is 12.8 Å². The zero-order valence-corrected chi connectivity index (χ0v) is 19.2. The summed E-state index contributed by atoms with van der Waals surface area (Å²) < 4.78 is 8.13. The Morgan fingerprint density at radius 2 is 1.49 bits per heavy atom. The van der Waals surface area contributed by atoms with E-state index in [1.165, 1.54) is 17.2 Å². The highest BCUT2D eigenvalue weighted by molar-refractivity contribution is 5.90. The Hall–Kier alpha value is -4.57. The minimum atomic E-state index is -0.954. The van der Waals surface area contributed by atoms with Gasteiger partial charge in [-0.05, 0) is 84.1 Å². The molecular formula is C31H25NO3. The highest BCUT2D eigenvalue weighted by Crippen LogP contribution is 2.29. The van der Waals surface area contributed by atoms with E-state index in [-0.39, 0.29) is 0 Å². The van der Waals surface area contributed by atoms with Crippen LogP contribution in [0.1, 0.15) is 16.7 Å². The summed E-state index contributed by atoms with van der Waals surface area (Å²) in [6.07, 6.45) is 6.81. The van der Waals surface area contributed by atoms with Gasteiger partial charge in [-0.15, -0.1) is 0 Å². The van der Waals surface area contributed by atoms with Crippen LogP contribution in [0.3, 0.4) is 0 Å². The van der Waals surface area contributed by atoms with E-state index in [4.69, 9.17) is 9.84 Å². The first-order valence-corrected chi connectivity index (χ1v) is 11.6.